The van der Waals surface area contributed by atoms with Gasteiger partial charge in [0, 0.05) is 0 Å². The molecule has 0 fully saturated rings. The van der Waals surface area contributed by atoms with Crippen molar-refractivity contribution in [3.8, 4) is 5.75 Å². The van der Waals surface area contributed by atoms with Crippen molar-refractivity contribution in [3.05, 3.63) is 43.0 Å². The third kappa shape index (κ3) is 4.84. The highest BCUT2D eigenvalue weighted by molar-refractivity contribution is 5.50. The van der Waals surface area contributed by atoms with E-state index in [0.29, 0.717) is 6.61 Å². The molecule has 0 heterocycles. The quantitative estimate of drug-likeness (QED) is 0.790. The van der Waals surface area contributed by atoms with Gasteiger partial charge in [-0.05, 0) is 17.7 Å². The van der Waals surface area contributed by atoms with Crippen molar-refractivity contribution in [3.63, 3.8) is 0 Å². The first kappa shape index (κ1) is 12.6. The molecule has 0 aliphatic rings. The maximum Gasteiger partial charge on any atom is 0.573 e. The summed E-state index contributed by atoms with van der Waals surface area (Å²) in [6.45, 7) is 0.348. The Hall–Kier alpha value is -1.49. The Bertz CT molecular complexity index is 341. The topological polar surface area (TPSA) is 18.5 Å². The molecule has 0 aliphatic heterocycles. The van der Waals surface area contributed by atoms with Gasteiger partial charge in [0.2, 0.25) is 0 Å². The molecule has 0 atom stereocenters. The summed E-state index contributed by atoms with van der Waals surface area (Å²) in [4.78, 5) is 0. The number of halogens is 3. The van der Waals surface area contributed by atoms with Crippen LogP contribution >= 0.6 is 0 Å². The maximum absolute atomic E-state index is 11.8. The number of ether oxygens (including phenoxy) is 2. The van der Waals surface area contributed by atoms with E-state index in [0.717, 1.165) is 5.56 Å². The van der Waals surface area contributed by atoms with E-state index in [-0.39, 0.29) is 5.75 Å². The van der Waals surface area contributed by atoms with Gasteiger partial charge in [0.25, 0.3) is 0 Å². The number of alkyl halides is 3. The first-order valence-corrected chi connectivity index (χ1v) is 4.40. The predicted octanol–water partition coefficient (Wildman–Crippen LogP) is 3.41. The van der Waals surface area contributed by atoms with E-state index in [9.17, 15) is 13.2 Å². The Labute approximate surface area is 91.3 Å². The van der Waals surface area contributed by atoms with Crippen molar-refractivity contribution in [2.75, 3.05) is 6.61 Å². The van der Waals surface area contributed by atoms with E-state index in [4.69, 9.17) is 0 Å². The van der Waals surface area contributed by atoms with Crippen LogP contribution < -0.4 is 4.74 Å². The van der Waals surface area contributed by atoms with Crippen molar-refractivity contribution < 1.29 is 22.6 Å². The highest BCUT2D eigenvalue weighted by Crippen LogP contribution is 2.22. The summed E-state index contributed by atoms with van der Waals surface area (Å²) in [5.74, 6) is -0.238. The van der Waals surface area contributed by atoms with Gasteiger partial charge in [-0.3, -0.25) is 0 Å². The van der Waals surface area contributed by atoms with Crippen molar-refractivity contribution in [1.82, 2.24) is 0 Å². The van der Waals surface area contributed by atoms with Crippen LogP contribution in [-0.2, 0) is 4.74 Å². The molecule has 0 saturated carbocycles. The van der Waals surface area contributed by atoms with Crippen molar-refractivity contribution in [2.45, 2.75) is 6.36 Å². The molecular weight excluding hydrogens is 221 g/mol. The molecular formula is C11H10F3O2. The molecule has 1 aromatic carbocycles. The van der Waals surface area contributed by atoms with Gasteiger partial charge in [-0.25, -0.2) is 0 Å². The first-order chi connectivity index (χ1) is 7.51. The van der Waals surface area contributed by atoms with E-state index in [2.05, 4.69) is 16.6 Å². The summed E-state index contributed by atoms with van der Waals surface area (Å²) in [6, 6.07) is 5.53. The van der Waals surface area contributed by atoms with Crippen LogP contribution in [-0.4, -0.2) is 13.0 Å². The number of hydrogen-bond donors (Lipinski definition) is 0. The lowest BCUT2D eigenvalue weighted by molar-refractivity contribution is -0.274. The molecule has 0 aromatic heterocycles. The molecule has 0 saturated heterocycles. The molecule has 0 N–H and O–H groups in total. The van der Waals surface area contributed by atoms with E-state index < -0.39 is 6.36 Å². The summed E-state index contributed by atoms with van der Waals surface area (Å²) in [5.41, 5.74) is 0.756. The molecule has 0 bridgehead atoms. The van der Waals surface area contributed by atoms with Crippen LogP contribution in [0.4, 0.5) is 13.2 Å². The molecule has 1 aromatic rings. The molecule has 2 nitrogen and oxygen atoms in total. The molecule has 0 unspecified atom stereocenters. The zero-order valence-corrected chi connectivity index (χ0v) is 8.33. The summed E-state index contributed by atoms with van der Waals surface area (Å²) in [6.07, 6.45) is -1.24. The Balaban J connectivity index is 2.61. The molecule has 87 valence electrons. The summed E-state index contributed by atoms with van der Waals surface area (Å²) in [5, 5.41) is 0. The number of benzene rings is 1. The highest BCUT2D eigenvalue weighted by Gasteiger charge is 2.30. The SMILES string of the molecule is [CH2]OCC=Cc1ccc(OC(F)(F)F)cc1. The van der Waals surface area contributed by atoms with Crippen molar-refractivity contribution >= 4 is 6.08 Å². The van der Waals surface area contributed by atoms with Crippen LogP contribution in [0.2, 0.25) is 0 Å². The summed E-state index contributed by atoms with van der Waals surface area (Å²) < 4.78 is 43.8. The molecule has 1 rings (SSSR count). The lowest BCUT2D eigenvalue weighted by atomic mass is 10.2. The largest absolute Gasteiger partial charge is 0.573 e. The van der Waals surface area contributed by atoms with Crippen LogP contribution in [0.3, 0.4) is 0 Å². The Morgan fingerprint density at radius 2 is 1.81 bits per heavy atom. The van der Waals surface area contributed by atoms with Gasteiger partial charge in [0.1, 0.15) is 5.75 Å². The fourth-order valence-corrected chi connectivity index (χ4v) is 1.03. The zero-order valence-electron chi connectivity index (χ0n) is 8.33. The average molecular weight is 231 g/mol. The second kappa shape index (κ2) is 5.55. The predicted molar refractivity (Wildman–Crippen MR) is 53.5 cm³/mol. The van der Waals surface area contributed by atoms with Crippen molar-refractivity contribution in [1.29, 1.82) is 0 Å². The Morgan fingerprint density at radius 1 is 1.19 bits per heavy atom. The van der Waals surface area contributed by atoms with Crippen molar-refractivity contribution in [2.24, 2.45) is 0 Å². The molecule has 16 heavy (non-hydrogen) atoms. The molecule has 0 spiro atoms. The molecule has 5 heteroatoms. The van der Waals surface area contributed by atoms with Gasteiger partial charge >= 0.3 is 6.36 Å². The van der Waals surface area contributed by atoms with E-state index >= 15 is 0 Å². The second-order valence-corrected chi connectivity index (χ2v) is 2.89. The molecule has 0 aliphatic carbocycles. The van der Waals surface area contributed by atoms with Crippen LogP contribution in [0.1, 0.15) is 5.56 Å². The third-order valence-corrected chi connectivity index (χ3v) is 1.64. The highest BCUT2D eigenvalue weighted by atomic mass is 19.4. The number of hydrogen-bond acceptors (Lipinski definition) is 2. The van der Waals surface area contributed by atoms with E-state index in [1.807, 2.05) is 0 Å². The summed E-state index contributed by atoms with van der Waals surface area (Å²) >= 11 is 0. The Morgan fingerprint density at radius 3 is 2.31 bits per heavy atom. The lowest BCUT2D eigenvalue weighted by Crippen LogP contribution is -2.16. The van der Waals surface area contributed by atoms with Gasteiger partial charge in [-0.1, -0.05) is 24.3 Å². The minimum Gasteiger partial charge on any atom is -0.406 e. The fourth-order valence-electron chi connectivity index (χ4n) is 1.03. The van der Waals surface area contributed by atoms with Crippen LogP contribution in [0, 0.1) is 7.11 Å². The van der Waals surface area contributed by atoms with Gasteiger partial charge < -0.3 is 9.47 Å². The first-order valence-electron chi connectivity index (χ1n) is 4.40. The van der Waals surface area contributed by atoms with Gasteiger partial charge in [0.05, 0.1) is 13.7 Å². The summed E-state index contributed by atoms with van der Waals surface area (Å²) in [7, 11) is 3.18. The number of rotatable bonds is 4. The van der Waals surface area contributed by atoms with E-state index in [1.54, 1.807) is 12.2 Å². The standard InChI is InChI=1S/C11H10F3O2/c1-15-8-2-3-9-4-6-10(7-5-9)16-11(12,13)14/h2-7H,1,8H2. The monoisotopic (exact) mass is 231 g/mol. The zero-order chi connectivity index (χ0) is 12.0. The molecule has 1 radical (unpaired) electrons. The smallest absolute Gasteiger partial charge is 0.406 e. The fraction of sp³-hybridized carbons (Fsp3) is 0.182. The second-order valence-electron chi connectivity index (χ2n) is 2.89. The minimum atomic E-state index is -4.65. The van der Waals surface area contributed by atoms with Gasteiger partial charge in [-0.15, -0.1) is 13.2 Å². The van der Waals surface area contributed by atoms with Gasteiger partial charge in [0.15, 0.2) is 0 Å². The van der Waals surface area contributed by atoms with Gasteiger partial charge in [-0.2, -0.15) is 0 Å². The third-order valence-electron chi connectivity index (χ3n) is 1.64. The van der Waals surface area contributed by atoms with E-state index in [1.165, 1.54) is 24.3 Å². The van der Waals surface area contributed by atoms with Crippen LogP contribution in [0.15, 0.2) is 30.3 Å². The normalized spacial score (nSPS) is 12.0. The Kier molecular flexibility index (Phi) is 4.37. The lowest BCUT2D eigenvalue weighted by Gasteiger charge is -2.08. The minimum absolute atomic E-state index is 0.238. The maximum atomic E-state index is 11.8. The van der Waals surface area contributed by atoms with Crippen LogP contribution in [0.5, 0.6) is 5.75 Å². The average Bonchev–Trinajstić information content (AvgIpc) is 2.19. The molecule has 0 amide bonds. The van der Waals surface area contributed by atoms with Crippen LogP contribution in [0.25, 0.3) is 6.08 Å².